The van der Waals surface area contributed by atoms with Gasteiger partial charge in [-0.05, 0) is 19.9 Å². The number of aryl methyl sites for hydroxylation is 1. The molecule has 1 aromatic rings. The molecule has 5 nitrogen and oxygen atoms in total. The van der Waals surface area contributed by atoms with Gasteiger partial charge in [0, 0.05) is 6.54 Å². The SMILES string of the molecule is CCn1ncnc1[C@H](O)CCN. The molecule has 0 bridgehead atoms. The van der Waals surface area contributed by atoms with Crippen molar-refractivity contribution in [2.24, 2.45) is 5.73 Å². The van der Waals surface area contributed by atoms with Gasteiger partial charge < -0.3 is 10.8 Å². The molecule has 1 rings (SSSR count). The average Bonchev–Trinajstić information content (AvgIpc) is 2.51. The lowest BCUT2D eigenvalue weighted by Crippen LogP contribution is -2.13. The van der Waals surface area contributed by atoms with Gasteiger partial charge in [0.15, 0.2) is 5.82 Å². The molecule has 0 radical (unpaired) electrons. The van der Waals surface area contributed by atoms with Crippen LogP contribution in [0.5, 0.6) is 0 Å². The summed E-state index contributed by atoms with van der Waals surface area (Å²) in [7, 11) is 0. The summed E-state index contributed by atoms with van der Waals surface area (Å²) in [6.45, 7) is 3.13. The topological polar surface area (TPSA) is 77.0 Å². The van der Waals surface area contributed by atoms with E-state index in [9.17, 15) is 5.11 Å². The highest BCUT2D eigenvalue weighted by atomic mass is 16.3. The third-order valence-corrected chi connectivity index (χ3v) is 1.68. The highest BCUT2D eigenvalue weighted by molar-refractivity contribution is 4.89. The zero-order valence-electron chi connectivity index (χ0n) is 7.14. The number of nitrogens with two attached hydrogens (primary N) is 1. The molecule has 0 aliphatic rings. The molecule has 1 atom stereocenters. The Bertz CT molecular complexity index is 235. The second-order valence-corrected chi connectivity index (χ2v) is 2.53. The number of aromatic nitrogens is 3. The molecule has 0 saturated carbocycles. The van der Waals surface area contributed by atoms with Crippen molar-refractivity contribution in [2.45, 2.75) is 26.0 Å². The zero-order chi connectivity index (χ0) is 8.97. The van der Waals surface area contributed by atoms with Crippen molar-refractivity contribution >= 4 is 0 Å². The summed E-state index contributed by atoms with van der Waals surface area (Å²) in [5, 5.41) is 13.5. The molecule has 12 heavy (non-hydrogen) atoms. The van der Waals surface area contributed by atoms with Crippen LogP contribution in [0.25, 0.3) is 0 Å². The third kappa shape index (κ3) is 1.80. The Balaban J connectivity index is 2.71. The lowest BCUT2D eigenvalue weighted by atomic mass is 10.2. The highest BCUT2D eigenvalue weighted by Gasteiger charge is 2.12. The minimum atomic E-state index is -0.586. The Morgan fingerprint density at radius 3 is 3.08 bits per heavy atom. The fraction of sp³-hybridized carbons (Fsp3) is 0.714. The molecule has 0 saturated heterocycles. The molecular weight excluding hydrogens is 156 g/mol. The van der Waals surface area contributed by atoms with Gasteiger partial charge in [-0.15, -0.1) is 0 Å². The molecule has 0 amide bonds. The van der Waals surface area contributed by atoms with Crippen LogP contribution in [0.4, 0.5) is 0 Å². The van der Waals surface area contributed by atoms with Crippen LogP contribution >= 0.6 is 0 Å². The van der Waals surface area contributed by atoms with Crippen LogP contribution in [-0.2, 0) is 6.54 Å². The Kier molecular flexibility index (Phi) is 3.19. The fourth-order valence-corrected chi connectivity index (χ4v) is 1.06. The fourth-order valence-electron chi connectivity index (χ4n) is 1.06. The highest BCUT2D eigenvalue weighted by Crippen LogP contribution is 2.11. The summed E-state index contributed by atoms with van der Waals surface area (Å²) in [6, 6.07) is 0. The average molecular weight is 170 g/mol. The number of hydrogen-bond acceptors (Lipinski definition) is 4. The molecule has 0 unspecified atom stereocenters. The van der Waals surface area contributed by atoms with Gasteiger partial charge in [-0.25, -0.2) is 9.67 Å². The second-order valence-electron chi connectivity index (χ2n) is 2.53. The van der Waals surface area contributed by atoms with E-state index < -0.39 is 6.10 Å². The van der Waals surface area contributed by atoms with Crippen molar-refractivity contribution in [3.63, 3.8) is 0 Å². The quantitative estimate of drug-likeness (QED) is 0.649. The van der Waals surface area contributed by atoms with Gasteiger partial charge in [0.05, 0.1) is 0 Å². The first-order valence-corrected chi connectivity index (χ1v) is 4.05. The summed E-state index contributed by atoms with van der Waals surface area (Å²) in [5.74, 6) is 0.600. The van der Waals surface area contributed by atoms with Crippen molar-refractivity contribution < 1.29 is 5.11 Å². The van der Waals surface area contributed by atoms with E-state index in [1.807, 2.05) is 6.92 Å². The van der Waals surface area contributed by atoms with Crippen molar-refractivity contribution in [1.29, 1.82) is 0 Å². The Labute approximate surface area is 71.2 Å². The molecule has 0 aromatic carbocycles. The van der Waals surface area contributed by atoms with Gasteiger partial charge in [0.1, 0.15) is 12.4 Å². The predicted octanol–water partition coefficient (Wildman–Crippen LogP) is -0.320. The van der Waals surface area contributed by atoms with Gasteiger partial charge in [-0.2, -0.15) is 5.10 Å². The van der Waals surface area contributed by atoms with E-state index in [2.05, 4.69) is 10.1 Å². The zero-order valence-corrected chi connectivity index (χ0v) is 7.14. The van der Waals surface area contributed by atoms with Crippen molar-refractivity contribution in [3.05, 3.63) is 12.2 Å². The summed E-state index contributed by atoms with van der Waals surface area (Å²) in [4.78, 5) is 3.95. The van der Waals surface area contributed by atoms with Gasteiger partial charge in [-0.1, -0.05) is 0 Å². The van der Waals surface area contributed by atoms with E-state index in [4.69, 9.17) is 5.73 Å². The minimum Gasteiger partial charge on any atom is -0.385 e. The van der Waals surface area contributed by atoms with Gasteiger partial charge in [-0.3, -0.25) is 0 Å². The molecular formula is C7H14N4O. The monoisotopic (exact) mass is 170 g/mol. The molecule has 0 fully saturated rings. The van der Waals surface area contributed by atoms with Crippen molar-refractivity contribution in [3.8, 4) is 0 Å². The lowest BCUT2D eigenvalue weighted by molar-refractivity contribution is 0.154. The minimum absolute atomic E-state index is 0.456. The molecule has 1 aromatic heterocycles. The van der Waals surface area contributed by atoms with E-state index in [1.165, 1.54) is 6.33 Å². The van der Waals surface area contributed by atoms with Crippen LogP contribution < -0.4 is 5.73 Å². The molecule has 3 N–H and O–H groups in total. The predicted molar refractivity (Wildman–Crippen MR) is 44.3 cm³/mol. The lowest BCUT2D eigenvalue weighted by Gasteiger charge is -2.08. The summed E-state index contributed by atoms with van der Waals surface area (Å²) in [6.07, 6.45) is 1.38. The van der Waals surface area contributed by atoms with Gasteiger partial charge in [0.2, 0.25) is 0 Å². The largest absolute Gasteiger partial charge is 0.385 e. The molecule has 0 aliphatic heterocycles. The first-order valence-electron chi connectivity index (χ1n) is 4.05. The molecule has 1 heterocycles. The first-order chi connectivity index (χ1) is 5.79. The second kappa shape index (κ2) is 4.18. The third-order valence-electron chi connectivity index (χ3n) is 1.68. The summed E-state index contributed by atoms with van der Waals surface area (Å²) in [5.41, 5.74) is 5.31. The maximum Gasteiger partial charge on any atom is 0.155 e. The smallest absolute Gasteiger partial charge is 0.155 e. The van der Waals surface area contributed by atoms with E-state index in [0.29, 0.717) is 18.8 Å². The maximum atomic E-state index is 9.52. The van der Waals surface area contributed by atoms with Crippen LogP contribution in [0.1, 0.15) is 25.3 Å². The molecule has 5 heteroatoms. The normalized spacial score (nSPS) is 13.2. The summed E-state index contributed by atoms with van der Waals surface area (Å²) >= 11 is 0. The number of aliphatic hydroxyl groups is 1. The Morgan fingerprint density at radius 1 is 1.75 bits per heavy atom. The van der Waals surface area contributed by atoms with Crippen LogP contribution in [-0.4, -0.2) is 26.4 Å². The Hall–Kier alpha value is -0.940. The van der Waals surface area contributed by atoms with Crippen LogP contribution in [0.3, 0.4) is 0 Å². The van der Waals surface area contributed by atoms with Gasteiger partial charge >= 0.3 is 0 Å². The standard InChI is InChI=1S/C7H14N4O/c1-2-11-7(9-5-10-11)6(12)3-4-8/h5-6,12H,2-4,8H2,1H3/t6-/m1/s1. The maximum absolute atomic E-state index is 9.52. The van der Waals surface area contributed by atoms with Crippen LogP contribution in [0.15, 0.2) is 6.33 Å². The van der Waals surface area contributed by atoms with Crippen molar-refractivity contribution in [2.75, 3.05) is 6.54 Å². The number of aliphatic hydroxyl groups excluding tert-OH is 1. The summed E-state index contributed by atoms with van der Waals surface area (Å²) < 4.78 is 1.67. The molecule has 0 spiro atoms. The van der Waals surface area contributed by atoms with E-state index in [1.54, 1.807) is 4.68 Å². The van der Waals surface area contributed by atoms with E-state index >= 15 is 0 Å². The van der Waals surface area contributed by atoms with E-state index in [-0.39, 0.29) is 0 Å². The number of rotatable bonds is 4. The van der Waals surface area contributed by atoms with E-state index in [0.717, 1.165) is 6.54 Å². The number of nitrogens with zero attached hydrogens (tertiary/aromatic N) is 3. The van der Waals surface area contributed by atoms with Crippen molar-refractivity contribution in [1.82, 2.24) is 14.8 Å². The molecule has 0 aliphatic carbocycles. The van der Waals surface area contributed by atoms with Crippen LogP contribution in [0, 0.1) is 0 Å². The van der Waals surface area contributed by atoms with Gasteiger partial charge in [0.25, 0.3) is 0 Å². The Morgan fingerprint density at radius 2 is 2.50 bits per heavy atom. The number of hydrogen-bond donors (Lipinski definition) is 2. The first kappa shape index (κ1) is 9.15. The van der Waals surface area contributed by atoms with Crippen LogP contribution in [0.2, 0.25) is 0 Å². The molecule has 68 valence electrons.